The summed E-state index contributed by atoms with van der Waals surface area (Å²) in [4.78, 5) is 12.2. The van der Waals surface area contributed by atoms with Gasteiger partial charge in [-0.3, -0.25) is 0 Å². The molecule has 3 aromatic rings. The Balaban J connectivity index is 1.59. The minimum atomic E-state index is -0.191. The van der Waals surface area contributed by atoms with Crippen LogP contribution in [0.25, 0.3) is 17.0 Å². The average molecular weight is 332 g/mol. The van der Waals surface area contributed by atoms with Gasteiger partial charge in [-0.25, -0.2) is 4.79 Å². The Bertz CT molecular complexity index is 997. The molecule has 1 heterocycles. The van der Waals surface area contributed by atoms with Crippen molar-refractivity contribution in [1.82, 2.24) is 0 Å². The van der Waals surface area contributed by atoms with Crippen molar-refractivity contribution in [2.45, 2.75) is 26.2 Å². The fourth-order valence-electron chi connectivity index (χ4n) is 3.51. The van der Waals surface area contributed by atoms with Gasteiger partial charge >= 0.3 is 5.63 Å². The Morgan fingerprint density at radius 3 is 2.72 bits per heavy atom. The monoisotopic (exact) mass is 332 g/mol. The predicted molar refractivity (Wildman–Crippen MR) is 100 cm³/mol. The van der Waals surface area contributed by atoms with Crippen molar-refractivity contribution in [3.05, 3.63) is 81.2 Å². The fraction of sp³-hybridized carbons (Fsp3) is 0.227. The molecule has 0 radical (unpaired) electrons. The lowest BCUT2D eigenvalue weighted by molar-refractivity contribution is 0.360. The highest BCUT2D eigenvalue weighted by molar-refractivity contribution is 5.86. The molecule has 0 saturated carbocycles. The maximum absolute atomic E-state index is 12.2. The van der Waals surface area contributed by atoms with Gasteiger partial charge < -0.3 is 9.15 Å². The van der Waals surface area contributed by atoms with Gasteiger partial charge in [0.1, 0.15) is 17.9 Å². The smallest absolute Gasteiger partial charge is 0.339 e. The minimum absolute atomic E-state index is 0.191. The third-order valence-corrected chi connectivity index (χ3v) is 4.79. The SMILES string of the molecule is Cc1c(OCC=Cc2ccccc2)ccc2c3c(c(=O)oc12)CCC3. The number of hydrogen-bond acceptors (Lipinski definition) is 3. The van der Waals surface area contributed by atoms with E-state index in [0.29, 0.717) is 12.2 Å². The lowest BCUT2D eigenvalue weighted by Crippen LogP contribution is -2.08. The van der Waals surface area contributed by atoms with Gasteiger partial charge in [0, 0.05) is 16.5 Å². The molecule has 25 heavy (non-hydrogen) atoms. The molecule has 3 nitrogen and oxygen atoms in total. The van der Waals surface area contributed by atoms with Crippen LogP contribution < -0.4 is 10.4 Å². The summed E-state index contributed by atoms with van der Waals surface area (Å²) in [5, 5.41) is 1.05. The van der Waals surface area contributed by atoms with Gasteiger partial charge in [0.25, 0.3) is 0 Å². The van der Waals surface area contributed by atoms with Crippen molar-refractivity contribution in [3.63, 3.8) is 0 Å². The molecule has 0 aliphatic heterocycles. The topological polar surface area (TPSA) is 39.4 Å². The largest absolute Gasteiger partial charge is 0.489 e. The molecule has 1 aromatic heterocycles. The van der Waals surface area contributed by atoms with Crippen LogP contribution >= 0.6 is 0 Å². The van der Waals surface area contributed by atoms with E-state index in [1.807, 2.05) is 61.5 Å². The van der Waals surface area contributed by atoms with E-state index in [-0.39, 0.29) is 5.63 Å². The fourth-order valence-corrected chi connectivity index (χ4v) is 3.51. The van der Waals surface area contributed by atoms with Crippen molar-refractivity contribution in [1.29, 1.82) is 0 Å². The molecule has 3 heteroatoms. The van der Waals surface area contributed by atoms with E-state index in [1.165, 1.54) is 0 Å². The van der Waals surface area contributed by atoms with Gasteiger partial charge in [-0.05, 0) is 55.5 Å². The van der Waals surface area contributed by atoms with Crippen LogP contribution in [-0.2, 0) is 12.8 Å². The highest BCUT2D eigenvalue weighted by atomic mass is 16.5. The first-order chi connectivity index (χ1) is 12.2. The number of fused-ring (bicyclic) bond motifs is 3. The Kier molecular flexibility index (Phi) is 4.14. The van der Waals surface area contributed by atoms with Crippen LogP contribution in [0.1, 0.15) is 28.7 Å². The average Bonchev–Trinajstić information content (AvgIpc) is 3.13. The van der Waals surface area contributed by atoms with Crippen molar-refractivity contribution < 1.29 is 9.15 Å². The summed E-state index contributed by atoms with van der Waals surface area (Å²) < 4.78 is 11.5. The van der Waals surface area contributed by atoms with E-state index in [2.05, 4.69) is 0 Å². The van der Waals surface area contributed by atoms with Crippen LogP contribution in [0.4, 0.5) is 0 Å². The van der Waals surface area contributed by atoms with Gasteiger partial charge in [-0.2, -0.15) is 0 Å². The molecular weight excluding hydrogens is 312 g/mol. The number of aryl methyl sites for hydroxylation is 2. The molecular formula is C22H20O3. The molecule has 0 atom stereocenters. The Morgan fingerprint density at radius 1 is 1.08 bits per heavy atom. The molecule has 0 N–H and O–H groups in total. The summed E-state index contributed by atoms with van der Waals surface area (Å²) >= 11 is 0. The molecule has 0 bridgehead atoms. The molecule has 0 spiro atoms. The van der Waals surface area contributed by atoms with Gasteiger partial charge in [-0.1, -0.05) is 36.4 Å². The van der Waals surface area contributed by atoms with Crippen LogP contribution in [0.15, 0.2) is 57.8 Å². The molecule has 0 fully saturated rings. The van der Waals surface area contributed by atoms with Crippen molar-refractivity contribution in [3.8, 4) is 5.75 Å². The first kappa shape index (κ1) is 15.7. The maximum atomic E-state index is 12.2. The first-order valence-corrected chi connectivity index (χ1v) is 8.66. The summed E-state index contributed by atoms with van der Waals surface area (Å²) in [5.41, 5.74) is 4.51. The molecule has 2 aromatic carbocycles. The summed E-state index contributed by atoms with van der Waals surface area (Å²) in [6.07, 6.45) is 6.83. The van der Waals surface area contributed by atoms with E-state index in [0.717, 1.165) is 52.7 Å². The van der Waals surface area contributed by atoms with Gasteiger partial charge in [0.05, 0.1) is 0 Å². The minimum Gasteiger partial charge on any atom is -0.489 e. The Labute approximate surface area is 146 Å². The maximum Gasteiger partial charge on any atom is 0.339 e. The normalized spacial score (nSPS) is 13.5. The molecule has 126 valence electrons. The number of hydrogen-bond donors (Lipinski definition) is 0. The van der Waals surface area contributed by atoms with Crippen LogP contribution in [0, 0.1) is 6.92 Å². The zero-order chi connectivity index (χ0) is 17.2. The van der Waals surface area contributed by atoms with Crippen molar-refractivity contribution in [2.24, 2.45) is 0 Å². The summed E-state index contributed by atoms with van der Waals surface area (Å²) in [5.74, 6) is 0.756. The van der Waals surface area contributed by atoms with Gasteiger partial charge in [-0.15, -0.1) is 0 Å². The Hall–Kier alpha value is -2.81. The summed E-state index contributed by atoms with van der Waals surface area (Å²) in [7, 11) is 0. The summed E-state index contributed by atoms with van der Waals surface area (Å²) in [6, 6.07) is 14.1. The van der Waals surface area contributed by atoms with E-state index in [9.17, 15) is 4.79 Å². The second-order valence-electron chi connectivity index (χ2n) is 6.39. The lowest BCUT2D eigenvalue weighted by Gasteiger charge is -2.11. The number of ether oxygens (including phenoxy) is 1. The third kappa shape index (κ3) is 2.98. The zero-order valence-corrected chi connectivity index (χ0v) is 14.2. The molecule has 0 saturated heterocycles. The Morgan fingerprint density at radius 2 is 1.88 bits per heavy atom. The quantitative estimate of drug-likeness (QED) is 0.651. The van der Waals surface area contributed by atoms with Crippen LogP contribution in [0.3, 0.4) is 0 Å². The first-order valence-electron chi connectivity index (χ1n) is 8.66. The van der Waals surface area contributed by atoms with Crippen molar-refractivity contribution in [2.75, 3.05) is 6.61 Å². The van der Waals surface area contributed by atoms with Crippen LogP contribution in [0.2, 0.25) is 0 Å². The molecule has 0 amide bonds. The van der Waals surface area contributed by atoms with Gasteiger partial charge in [0.2, 0.25) is 0 Å². The van der Waals surface area contributed by atoms with Crippen LogP contribution in [0.5, 0.6) is 5.75 Å². The van der Waals surface area contributed by atoms with Gasteiger partial charge in [0.15, 0.2) is 0 Å². The highest BCUT2D eigenvalue weighted by Gasteiger charge is 2.21. The molecule has 0 unspecified atom stereocenters. The third-order valence-electron chi connectivity index (χ3n) is 4.79. The second kappa shape index (κ2) is 6.60. The van der Waals surface area contributed by atoms with E-state index >= 15 is 0 Å². The summed E-state index contributed by atoms with van der Waals surface area (Å²) in [6.45, 7) is 2.42. The van der Waals surface area contributed by atoms with Crippen molar-refractivity contribution >= 4 is 17.0 Å². The van der Waals surface area contributed by atoms with E-state index in [4.69, 9.17) is 9.15 Å². The second-order valence-corrected chi connectivity index (χ2v) is 6.39. The lowest BCUT2D eigenvalue weighted by atomic mass is 10.0. The highest BCUT2D eigenvalue weighted by Crippen LogP contribution is 2.32. The molecule has 1 aliphatic rings. The molecule has 1 aliphatic carbocycles. The standard InChI is InChI=1S/C22H20O3/c1-15-20(24-14-6-9-16-7-3-2-4-8-16)13-12-18-17-10-5-11-19(17)22(23)25-21(15)18/h2-4,6-9,12-13H,5,10-11,14H2,1H3. The number of rotatable bonds is 4. The molecule has 4 rings (SSSR count). The van der Waals surface area contributed by atoms with Crippen LogP contribution in [-0.4, -0.2) is 6.61 Å². The predicted octanol–water partition coefficient (Wildman–Crippen LogP) is 4.68. The van der Waals surface area contributed by atoms with E-state index in [1.54, 1.807) is 0 Å². The number of benzene rings is 2. The van der Waals surface area contributed by atoms with E-state index < -0.39 is 0 Å². The zero-order valence-electron chi connectivity index (χ0n) is 14.2.